The summed E-state index contributed by atoms with van der Waals surface area (Å²) in [5, 5.41) is 8.72. The van der Waals surface area contributed by atoms with Crippen LogP contribution in [0.2, 0.25) is 0 Å². The maximum absolute atomic E-state index is 13.3. The number of carbonyl (C=O) groups excluding carboxylic acids is 1. The van der Waals surface area contributed by atoms with Crippen molar-refractivity contribution in [1.82, 2.24) is 0 Å². The summed E-state index contributed by atoms with van der Waals surface area (Å²) < 4.78 is 35.1. The number of aliphatic hydroxyl groups excluding tert-OH is 1. The number of esters is 1. The van der Waals surface area contributed by atoms with Crippen LogP contribution in [0.15, 0.2) is 28.6 Å². The third-order valence-electron chi connectivity index (χ3n) is 1.72. The fraction of sp³-hybridized carbons (Fsp3) is 0.100. The highest BCUT2D eigenvalue weighted by atomic mass is 79.9. The van der Waals surface area contributed by atoms with Crippen LogP contribution in [-0.2, 0) is 9.53 Å². The molecule has 0 radical (unpaired) electrons. The third kappa shape index (κ3) is 2.94. The van der Waals surface area contributed by atoms with Crippen LogP contribution >= 0.6 is 15.9 Å². The number of rotatable bonds is 3. The second-order valence-electron chi connectivity index (χ2n) is 2.76. The Hall–Kier alpha value is -1.63. The molecule has 0 aromatic heterocycles. The molecular weight excluding hydrogens is 302 g/mol. The Morgan fingerprint density at radius 1 is 1.41 bits per heavy atom. The zero-order valence-corrected chi connectivity index (χ0v) is 10.1. The average Bonchev–Trinajstić information content (AvgIpc) is 2.33. The van der Waals surface area contributed by atoms with Crippen LogP contribution in [0.5, 0.6) is 5.75 Å². The Morgan fingerprint density at radius 3 is 2.53 bits per heavy atom. The van der Waals surface area contributed by atoms with Crippen molar-refractivity contribution in [1.29, 1.82) is 0 Å². The summed E-state index contributed by atoms with van der Waals surface area (Å²) in [6, 6.07) is 1.70. The molecule has 1 rings (SSSR count). The molecule has 0 aliphatic rings. The second-order valence-corrected chi connectivity index (χ2v) is 3.55. The molecule has 0 bridgehead atoms. The van der Waals surface area contributed by atoms with Gasteiger partial charge in [-0.25, -0.2) is 13.6 Å². The predicted octanol–water partition coefficient (Wildman–Crippen LogP) is 2.68. The Balaban J connectivity index is 3.11. The van der Waals surface area contributed by atoms with Gasteiger partial charge in [-0.05, 0) is 28.1 Å². The van der Waals surface area contributed by atoms with Crippen LogP contribution in [0.1, 0.15) is 0 Å². The summed E-state index contributed by atoms with van der Waals surface area (Å²) in [7, 11) is 1.05. The summed E-state index contributed by atoms with van der Waals surface area (Å²) in [4.78, 5) is 11.0. The lowest BCUT2D eigenvalue weighted by Gasteiger charge is -2.09. The van der Waals surface area contributed by atoms with E-state index in [1.807, 2.05) is 0 Å². The summed E-state index contributed by atoms with van der Waals surface area (Å²) in [6.07, 6.45) is 0.294. The lowest BCUT2D eigenvalue weighted by Crippen LogP contribution is -2.12. The second kappa shape index (κ2) is 5.62. The highest BCUT2D eigenvalue weighted by molar-refractivity contribution is 9.10. The van der Waals surface area contributed by atoms with E-state index in [1.54, 1.807) is 0 Å². The zero-order chi connectivity index (χ0) is 13.0. The van der Waals surface area contributed by atoms with Gasteiger partial charge in [-0.3, -0.25) is 0 Å². The van der Waals surface area contributed by atoms with E-state index in [0.29, 0.717) is 6.26 Å². The minimum atomic E-state index is -1.02. The van der Waals surface area contributed by atoms with Gasteiger partial charge in [0.2, 0.25) is 5.76 Å². The first-order valence-corrected chi connectivity index (χ1v) is 5.04. The maximum Gasteiger partial charge on any atom is 0.377 e. The van der Waals surface area contributed by atoms with Crippen molar-refractivity contribution in [3.05, 3.63) is 40.3 Å². The lowest BCUT2D eigenvalue weighted by molar-refractivity contribution is -0.138. The minimum absolute atomic E-state index is 0.294. The fourth-order valence-corrected chi connectivity index (χ4v) is 1.34. The Kier molecular flexibility index (Phi) is 4.45. The van der Waals surface area contributed by atoms with Crippen molar-refractivity contribution in [3.63, 3.8) is 0 Å². The van der Waals surface area contributed by atoms with Crippen LogP contribution in [0, 0.1) is 11.6 Å². The monoisotopic (exact) mass is 308 g/mol. The first-order valence-electron chi connectivity index (χ1n) is 4.25. The number of ether oxygens (including phenoxy) is 2. The lowest BCUT2D eigenvalue weighted by atomic mass is 10.3. The SMILES string of the molecule is COC(=O)C(=CO)Oc1c(F)ccc(F)c1Br. The summed E-state index contributed by atoms with van der Waals surface area (Å²) in [5.41, 5.74) is 0. The number of halogens is 3. The molecule has 1 N–H and O–H groups in total. The molecule has 0 aliphatic carbocycles. The molecular formula is C10H7BrF2O4. The Labute approximate surface area is 104 Å². The number of methoxy groups -OCH3 is 1. The molecule has 92 valence electrons. The Morgan fingerprint density at radius 2 is 2.00 bits per heavy atom. The van der Waals surface area contributed by atoms with Gasteiger partial charge < -0.3 is 14.6 Å². The normalized spacial score (nSPS) is 11.2. The van der Waals surface area contributed by atoms with Gasteiger partial charge >= 0.3 is 5.97 Å². The minimum Gasteiger partial charge on any atom is -0.511 e. The molecule has 0 spiro atoms. The molecule has 0 saturated carbocycles. The van der Waals surface area contributed by atoms with E-state index < -0.39 is 29.1 Å². The molecule has 4 nitrogen and oxygen atoms in total. The first kappa shape index (κ1) is 13.4. The molecule has 1 aromatic carbocycles. The van der Waals surface area contributed by atoms with Crippen molar-refractivity contribution >= 4 is 21.9 Å². The van der Waals surface area contributed by atoms with E-state index in [1.165, 1.54) is 0 Å². The van der Waals surface area contributed by atoms with Crippen LogP contribution in [-0.4, -0.2) is 18.2 Å². The molecule has 0 fully saturated rings. The quantitative estimate of drug-likeness (QED) is 0.404. The first-order chi connectivity index (χ1) is 8.01. The van der Waals surface area contributed by atoms with E-state index >= 15 is 0 Å². The molecule has 0 unspecified atom stereocenters. The largest absolute Gasteiger partial charge is 0.511 e. The maximum atomic E-state index is 13.3. The molecule has 7 heteroatoms. The number of hydrogen-bond acceptors (Lipinski definition) is 4. The van der Waals surface area contributed by atoms with Crippen molar-refractivity contribution in [3.8, 4) is 5.75 Å². The zero-order valence-electron chi connectivity index (χ0n) is 8.54. The van der Waals surface area contributed by atoms with Crippen LogP contribution < -0.4 is 4.74 Å². The van der Waals surface area contributed by atoms with Gasteiger partial charge in [0.25, 0.3) is 0 Å². The van der Waals surface area contributed by atoms with E-state index in [2.05, 4.69) is 20.7 Å². The third-order valence-corrected chi connectivity index (χ3v) is 2.46. The molecule has 17 heavy (non-hydrogen) atoms. The molecule has 0 aliphatic heterocycles. The molecule has 0 atom stereocenters. The van der Waals surface area contributed by atoms with Crippen molar-refractivity contribution in [2.45, 2.75) is 0 Å². The predicted molar refractivity (Wildman–Crippen MR) is 57.4 cm³/mol. The smallest absolute Gasteiger partial charge is 0.377 e. The van der Waals surface area contributed by atoms with Gasteiger partial charge in [0.15, 0.2) is 11.6 Å². The fourth-order valence-electron chi connectivity index (χ4n) is 0.933. The van der Waals surface area contributed by atoms with Gasteiger partial charge in [0, 0.05) is 0 Å². The van der Waals surface area contributed by atoms with Gasteiger partial charge in [-0.1, -0.05) is 0 Å². The molecule has 0 amide bonds. The number of carbonyl (C=O) groups is 1. The molecule has 1 aromatic rings. The summed E-state index contributed by atoms with van der Waals surface area (Å²) >= 11 is 2.76. The molecule has 0 saturated heterocycles. The van der Waals surface area contributed by atoms with E-state index in [9.17, 15) is 13.6 Å². The van der Waals surface area contributed by atoms with Crippen LogP contribution in [0.3, 0.4) is 0 Å². The number of hydrogen-bond donors (Lipinski definition) is 1. The number of benzene rings is 1. The van der Waals surface area contributed by atoms with Crippen molar-refractivity contribution in [2.75, 3.05) is 7.11 Å². The van der Waals surface area contributed by atoms with Gasteiger partial charge in [-0.2, -0.15) is 0 Å². The van der Waals surface area contributed by atoms with Gasteiger partial charge in [0.1, 0.15) is 12.1 Å². The molecule has 0 heterocycles. The van der Waals surface area contributed by atoms with Crippen molar-refractivity contribution in [2.24, 2.45) is 0 Å². The van der Waals surface area contributed by atoms with E-state index in [-0.39, 0.29) is 4.47 Å². The van der Waals surface area contributed by atoms with Crippen LogP contribution in [0.4, 0.5) is 8.78 Å². The van der Waals surface area contributed by atoms with Crippen LogP contribution in [0.25, 0.3) is 0 Å². The Bertz CT molecular complexity index is 474. The van der Waals surface area contributed by atoms with E-state index in [4.69, 9.17) is 9.84 Å². The average molecular weight is 309 g/mol. The van der Waals surface area contributed by atoms with E-state index in [0.717, 1.165) is 19.2 Å². The highest BCUT2D eigenvalue weighted by Gasteiger charge is 2.19. The topological polar surface area (TPSA) is 55.8 Å². The highest BCUT2D eigenvalue weighted by Crippen LogP contribution is 2.32. The standard InChI is InChI=1S/C10H7BrF2O4/c1-16-10(15)7(4-14)17-9-6(13)3-2-5(12)8(9)11/h2-4,14H,1H3. The van der Waals surface area contributed by atoms with Gasteiger partial charge in [0.05, 0.1) is 11.6 Å². The summed E-state index contributed by atoms with van der Waals surface area (Å²) in [5.74, 6) is -3.93. The number of aliphatic hydroxyl groups is 1. The summed E-state index contributed by atoms with van der Waals surface area (Å²) in [6.45, 7) is 0. The van der Waals surface area contributed by atoms with Gasteiger partial charge in [-0.15, -0.1) is 0 Å². The van der Waals surface area contributed by atoms with Crippen molar-refractivity contribution < 1.29 is 28.2 Å².